The highest BCUT2D eigenvalue weighted by Crippen LogP contribution is 2.20. The van der Waals surface area contributed by atoms with Crippen molar-refractivity contribution in [2.24, 2.45) is 0 Å². The summed E-state index contributed by atoms with van der Waals surface area (Å²) in [6, 6.07) is 7.84. The number of thiophene rings is 1. The van der Waals surface area contributed by atoms with E-state index in [1.54, 1.807) is 17.5 Å². The number of amides is 1. The van der Waals surface area contributed by atoms with Gasteiger partial charge in [0, 0.05) is 36.3 Å². The van der Waals surface area contributed by atoms with Crippen molar-refractivity contribution in [1.29, 1.82) is 0 Å². The Bertz CT molecular complexity index is 665. The van der Waals surface area contributed by atoms with Crippen molar-refractivity contribution in [3.63, 3.8) is 0 Å². The van der Waals surface area contributed by atoms with Crippen LogP contribution in [0.5, 0.6) is 0 Å². The molecule has 1 amide bonds. The molecule has 3 heterocycles. The first-order valence-electron chi connectivity index (χ1n) is 7.91. The van der Waals surface area contributed by atoms with Crippen LogP contribution in [0.4, 0.5) is 5.82 Å². The van der Waals surface area contributed by atoms with Crippen LogP contribution in [0, 0.1) is 0 Å². The fourth-order valence-electron chi connectivity index (χ4n) is 2.58. The molecule has 0 aromatic carbocycles. The summed E-state index contributed by atoms with van der Waals surface area (Å²) in [5.74, 6) is 0.919. The van der Waals surface area contributed by atoms with Crippen LogP contribution >= 0.6 is 11.3 Å². The summed E-state index contributed by atoms with van der Waals surface area (Å²) >= 11 is 1.55. The number of anilines is 1. The van der Waals surface area contributed by atoms with Gasteiger partial charge in [0.1, 0.15) is 5.82 Å². The van der Waals surface area contributed by atoms with Crippen molar-refractivity contribution in [1.82, 2.24) is 10.3 Å². The number of carbonyl (C=O) groups is 1. The molecule has 0 radical (unpaired) electrons. The molecule has 1 aliphatic rings. The SMILES string of the molecule is CCc1ccc(C(=O)NCc2cccnc2N2CCOCC2)s1. The van der Waals surface area contributed by atoms with E-state index in [2.05, 4.69) is 22.1 Å². The molecule has 1 saturated heterocycles. The first-order valence-corrected chi connectivity index (χ1v) is 8.73. The molecule has 0 bridgehead atoms. The second kappa shape index (κ2) is 7.57. The molecule has 122 valence electrons. The zero-order valence-electron chi connectivity index (χ0n) is 13.2. The van der Waals surface area contributed by atoms with Gasteiger partial charge in [-0.05, 0) is 24.6 Å². The number of rotatable bonds is 5. The summed E-state index contributed by atoms with van der Waals surface area (Å²) in [6.45, 7) is 5.69. The average molecular weight is 331 g/mol. The molecule has 6 heteroatoms. The highest BCUT2D eigenvalue weighted by molar-refractivity contribution is 7.14. The minimum atomic E-state index is -0.0218. The number of pyridine rings is 1. The molecule has 1 aliphatic heterocycles. The van der Waals surface area contributed by atoms with Crippen LogP contribution in [0.3, 0.4) is 0 Å². The predicted octanol–water partition coefficient (Wildman–Crippen LogP) is 2.47. The Morgan fingerprint density at radius 1 is 1.35 bits per heavy atom. The first-order chi connectivity index (χ1) is 11.3. The number of nitrogens with zero attached hydrogens (tertiary/aromatic N) is 2. The predicted molar refractivity (Wildman–Crippen MR) is 92.1 cm³/mol. The van der Waals surface area contributed by atoms with Gasteiger partial charge >= 0.3 is 0 Å². The lowest BCUT2D eigenvalue weighted by Gasteiger charge is -2.29. The summed E-state index contributed by atoms with van der Waals surface area (Å²) < 4.78 is 5.39. The molecule has 0 unspecified atom stereocenters. The van der Waals surface area contributed by atoms with Crippen LogP contribution in [0.15, 0.2) is 30.5 Å². The summed E-state index contributed by atoms with van der Waals surface area (Å²) in [5, 5.41) is 3.01. The number of carbonyl (C=O) groups excluding carboxylic acids is 1. The van der Waals surface area contributed by atoms with Crippen LogP contribution in [0.2, 0.25) is 0 Å². The minimum absolute atomic E-state index is 0.0218. The van der Waals surface area contributed by atoms with Gasteiger partial charge in [-0.1, -0.05) is 13.0 Å². The van der Waals surface area contributed by atoms with E-state index in [1.165, 1.54) is 4.88 Å². The summed E-state index contributed by atoms with van der Waals surface area (Å²) in [4.78, 5) is 21.0. The van der Waals surface area contributed by atoms with E-state index in [4.69, 9.17) is 4.74 Å². The van der Waals surface area contributed by atoms with E-state index in [-0.39, 0.29) is 5.91 Å². The maximum atomic E-state index is 12.3. The molecule has 0 atom stereocenters. The van der Waals surface area contributed by atoms with Gasteiger partial charge < -0.3 is 15.0 Å². The lowest BCUT2D eigenvalue weighted by Crippen LogP contribution is -2.37. The molecule has 0 saturated carbocycles. The van der Waals surface area contributed by atoms with Gasteiger partial charge in [-0.25, -0.2) is 4.98 Å². The van der Waals surface area contributed by atoms with Crippen molar-refractivity contribution in [2.75, 3.05) is 31.2 Å². The van der Waals surface area contributed by atoms with E-state index in [9.17, 15) is 4.79 Å². The third-order valence-corrected chi connectivity index (χ3v) is 5.08. The molecular formula is C17H21N3O2S. The number of ether oxygens (including phenoxy) is 1. The molecule has 3 rings (SSSR count). The van der Waals surface area contributed by atoms with E-state index in [0.29, 0.717) is 6.54 Å². The summed E-state index contributed by atoms with van der Waals surface area (Å²) in [6.07, 6.45) is 2.75. The zero-order chi connectivity index (χ0) is 16.1. The minimum Gasteiger partial charge on any atom is -0.378 e. The van der Waals surface area contributed by atoms with Gasteiger partial charge in [0.05, 0.1) is 18.1 Å². The highest BCUT2D eigenvalue weighted by atomic mass is 32.1. The van der Waals surface area contributed by atoms with Gasteiger partial charge in [-0.3, -0.25) is 4.79 Å². The van der Waals surface area contributed by atoms with Crippen molar-refractivity contribution < 1.29 is 9.53 Å². The fraction of sp³-hybridized carbons (Fsp3) is 0.412. The maximum Gasteiger partial charge on any atom is 0.261 e. The third kappa shape index (κ3) is 3.89. The highest BCUT2D eigenvalue weighted by Gasteiger charge is 2.16. The van der Waals surface area contributed by atoms with Crippen LogP contribution in [-0.2, 0) is 17.7 Å². The molecule has 2 aromatic rings. The van der Waals surface area contributed by atoms with E-state index in [1.807, 2.05) is 24.3 Å². The monoisotopic (exact) mass is 331 g/mol. The normalized spacial score (nSPS) is 14.7. The summed E-state index contributed by atoms with van der Waals surface area (Å²) in [7, 11) is 0. The molecule has 1 fully saturated rings. The maximum absolute atomic E-state index is 12.3. The number of morpholine rings is 1. The smallest absolute Gasteiger partial charge is 0.261 e. The molecule has 23 heavy (non-hydrogen) atoms. The number of aryl methyl sites for hydroxylation is 1. The van der Waals surface area contributed by atoms with Gasteiger partial charge in [0.15, 0.2) is 0 Å². The first kappa shape index (κ1) is 16.0. The lowest BCUT2D eigenvalue weighted by molar-refractivity contribution is 0.0954. The molecular weight excluding hydrogens is 310 g/mol. The Morgan fingerprint density at radius 3 is 2.91 bits per heavy atom. The van der Waals surface area contributed by atoms with Gasteiger partial charge in [0.2, 0.25) is 0 Å². The van der Waals surface area contributed by atoms with Crippen LogP contribution in [-0.4, -0.2) is 37.2 Å². The van der Waals surface area contributed by atoms with Crippen LogP contribution in [0.25, 0.3) is 0 Å². The molecule has 1 N–H and O–H groups in total. The Balaban J connectivity index is 1.66. The molecule has 0 aliphatic carbocycles. The van der Waals surface area contributed by atoms with Crippen molar-refractivity contribution in [3.8, 4) is 0 Å². The van der Waals surface area contributed by atoms with Gasteiger partial charge in [-0.15, -0.1) is 11.3 Å². The zero-order valence-corrected chi connectivity index (χ0v) is 14.1. The Kier molecular flexibility index (Phi) is 5.25. The molecule has 5 nitrogen and oxygen atoms in total. The standard InChI is InChI=1S/C17H21N3O2S/c1-2-14-5-6-15(23-14)17(21)19-12-13-4-3-7-18-16(13)20-8-10-22-11-9-20/h3-7H,2,8-12H2,1H3,(H,19,21). The van der Waals surface area contributed by atoms with E-state index >= 15 is 0 Å². The third-order valence-electron chi connectivity index (χ3n) is 3.85. The van der Waals surface area contributed by atoms with E-state index in [0.717, 1.165) is 49.0 Å². The number of hydrogen-bond acceptors (Lipinski definition) is 5. The number of nitrogens with one attached hydrogen (secondary N) is 1. The van der Waals surface area contributed by atoms with Gasteiger partial charge in [0.25, 0.3) is 5.91 Å². The van der Waals surface area contributed by atoms with Crippen molar-refractivity contribution in [2.45, 2.75) is 19.9 Å². The van der Waals surface area contributed by atoms with Crippen molar-refractivity contribution in [3.05, 3.63) is 45.8 Å². The number of aromatic nitrogens is 1. The Morgan fingerprint density at radius 2 is 2.17 bits per heavy atom. The summed E-state index contributed by atoms with van der Waals surface area (Å²) in [5.41, 5.74) is 1.04. The topological polar surface area (TPSA) is 54.5 Å². The second-order valence-corrected chi connectivity index (χ2v) is 6.56. The number of hydrogen-bond donors (Lipinski definition) is 1. The lowest BCUT2D eigenvalue weighted by atomic mass is 10.2. The van der Waals surface area contributed by atoms with Crippen molar-refractivity contribution >= 4 is 23.1 Å². The molecule has 0 spiro atoms. The van der Waals surface area contributed by atoms with Crippen LogP contribution in [0.1, 0.15) is 27.0 Å². The fourth-order valence-corrected chi connectivity index (χ4v) is 3.44. The Hall–Kier alpha value is -1.92. The largest absolute Gasteiger partial charge is 0.378 e. The quantitative estimate of drug-likeness (QED) is 0.914. The Labute approximate surface area is 140 Å². The molecule has 2 aromatic heterocycles. The van der Waals surface area contributed by atoms with E-state index < -0.39 is 0 Å². The van der Waals surface area contributed by atoms with Gasteiger partial charge in [-0.2, -0.15) is 0 Å². The second-order valence-electron chi connectivity index (χ2n) is 5.39. The van der Waals surface area contributed by atoms with Crippen LogP contribution < -0.4 is 10.2 Å². The average Bonchev–Trinajstić information content (AvgIpc) is 3.10.